The number of anilines is 1. The van der Waals surface area contributed by atoms with Crippen LogP contribution in [0.4, 0.5) is 23.2 Å². The van der Waals surface area contributed by atoms with E-state index in [1.165, 1.54) is 0 Å². The lowest BCUT2D eigenvalue weighted by atomic mass is 10.2. The summed E-state index contributed by atoms with van der Waals surface area (Å²) >= 11 is 0. The van der Waals surface area contributed by atoms with Crippen LogP contribution in [0.15, 0.2) is 52.3 Å². The molecule has 2 unspecified atom stereocenters. The van der Waals surface area contributed by atoms with E-state index in [9.17, 15) is 44.6 Å². The number of sulfonamides is 2. The fourth-order valence-corrected chi connectivity index (χ4v) is 4.68. The van der Waals surface area contributed by atoms with Gasteiger partial charge in [-0.15, -0.1) is 0 Å². The van der Waals surface area contributed by atoms with Crippen LogP contribution in [0, 0.1) is 5.82 Å². The van der Waals surface area contributed by atoms with Crippen LogP contribution in [0.25, 0.3) is 0 Å². The molecule has 0 bridgehead atoms. The Labute approximate surface area is 180 Å². The average Bonchev–Trinajstić information content (AvgIpc) is 2.72. The molecule has 0 spiro atoms. The average molecular weight is 502 g/mol. The van der Waals surface area contributed by atoms with Gasteiger partial charge in [-0.05, 0) is 36.4 Å². The lowest BCUT2D eigenvalue weighted by Crippen LogP contribution is -2.40. The molecule has 0 aliphatic rings. The molecule has 2 atom stereocenters. The van der Waals surface area contributed by atoms with Crippen LogP contribution in [-0.4, -0.2) is 57.5 Å². The number of rotatable bonds is 9. The molecule has 0 aliphatic heterocycles. The summed E-state index contributed by atoms with van der Waals surface area (Å²) in [7, 11) is -9.14. The van der Waals surface area contributed by atoms with Crippen molar-refractivity contribution in [2.75, 3.05) is 17.9 Å². The Morgan fingerprint density at radius 1 is 0.906 bits per heavy atom. The van der Waals surface area contributed by atoms with Crippen LogP contribution in [0.1, 0.15) is 5.56 Å². The summed E-state index contributed by atoms with van der Waals surface area (Å²) in [5.41, 5.74) is -2.55. The maximum Gasteiger partial charge on any atom is 0.418 e. The third-order valence-corrected chi connectivity index (χ3v) is 6.86. The fourth-order valence-electron chi connectivity index (χ4n) is 2.39. The highest BCUT2D eigenvalue weighted by Crippen LogP contribution is 2.36. The van der Waals surface area contributed by atoms with Crippen molar-refractivity contribution in [1.29, 1.82) is 0 Å². The summed E-state index contributed by atoms with van der Waals surface area (Å²) in [6.45, 7) is -1.56. The second-order valence-corrected chi connectivity index (χ2v) is 9.89. The van der Waals surface area contributed by atoms with Gasteiger partial charge in [-0.25, -0.2) is 25.9 Å². The van der Waals surface area contributed by atoms with E-state index in [1.807, 2.05) is 4.72 Å². The third kappa shape index (κ3) is 6.36. The molecule has 0 saturated heterocycles. The van der Waals surface area contributed by atoms with Gasteiger partial charge in [0, 0.05) is 6.54 Å². The third-order valence-electron chi connectivity index (χ3n) is 4.07. The van der Waals surface area contributed by atoms with Gasteiger partial charge in [-0.2, -0.15) is 13.2 Å². The van der Waals surface area contributed by atoms with Gasteiger partial charge in [0.15, 0.2) is 0 Å². The molecular formula is C17H18F4N2O7S2. The molecule has 15 heteroatoms. The predicted octanol–water partition coefficient (Wildman–Crippen LogP) is 0.638. The van der Waals surface area contributed by atoms with Crippen LogP contribution >= 0.6 is 0 Å². The zero-order chi connectivity index (χ0) is 24.3. The highest BCUT2D eigenvalue weighted by Gasteiger charge is 2.35. The van der Waals surface area contributed by atoms with E-state index in [1.54, 1.807) is 4.72 Å². The van der Waals surface area contributed by atoms with Crippen molar-refractivity contribution in [3.63, 3.8) is 0 Å². The first kappa shape index (κ1) is 26.0. The van der Waals surface area contributed by atoms with Crippen LogP contribution < -0.4 is 9.44 Å². The van der Waals surface area contributed by atoms with Crippen molar-refractivity contribution in [3.05, 3.63) is 53.8 Å². The topological polar surface area (TPSA) is 153 Å². The summed E-state index contributed by atoms with van der Waals surface area (Å²) in [6, 6.07) is 4.86. The normalized spacial score (nSPS) is 14.7. The number of aliphatic hydroxyl groups excluding tert-OH is 3. The molecule has 0 heterocycles. The van der Waals surface area contributed by atoms with Crippen molar-refractivity contribution in [2.24, 2.45) is 0 Å². The van der Waals surface area contributed by atoms with E-state index in [2.05, 4.69) is 0 Å². The molecule has 0 radical (unpaired) electrons. The molecule has 5 N–H and O–H groups in total. The van der Waals surface area contributed by atoms with Gasteiger partial charge in [0.2, 0.25) is 10.0 Å². The number of halogens is 4. The molecular weight excluding hydrogens is 484 g/mol. The lowest BCUT2D eigenvalue weighted by molar-refractivity contribution is -0.137. The number of nitrogens with one attached hydrogen (secondary N) is 2. The summed E-state index contributed by atoms with van der Waals surface area (Å²) < 4.78 is 106. The minimum absolute atomic E-state index is 0.106. The zero-order valence-electron chi connectivity index (χ0n) is 15.9. The molecule has 0 saturated carbocycles. The summed E-state index contributed by atoms with van der Waals surface area (Å²) in [6.07, 6.45) is -8.37. The molecule has 2 aromatic rings. The minimum atomic E-state index is -5.07. The van der Waals surface area contributed by atoms with Crippen molar-refractivity contribution < 1.29 is 49.7 Å². The summed E-state index contributed by atoms with van der Waals surface area (Å²) in [5, 5.41) is 27.5. The molecule has 0 aromatic heterocycles. The number of alkyl halides is 3. The number of benzene rings is 2. The molecule has 9 nitrogen and oxygen atoms in total. The van der Waals surface area contributed by atoms with Gasteiger partial charge < -0.3 is 15.3 Å². The van der Waals surface area contributed by atoms with Crippen LogP contribution in [0.3, 0.4) is 0 Å². The van der Waals surface area contributed by atoms with Crippen molar-refractivity contribution >= 4 is 25.7 Å². The lowest BCUT2D eigenvalue weighted by Gasteiger charge is -2.17. The first-order valence-corrected chi connectivity index (χ1v) is 11.6. The summed E-state index contributed by atoms with van der Waals surface area (Å²) in [4.78, 5) is -1.32. The number of aliphatic hydroxyl groups is 3. The largest absolute Gasteiger partial charge is 0.418 e. The smallest absolute Gasteiger partial charge is 0.394 e. The minimum Gasteiger partial charge on any atom is -0.394 e. The predicted molar refractivity (Wildman–Crippen MR) is 103 cm³/mol. The number of hydrogen-bond acceptors (Lipinski definition) is 7. The summed E-state index contributed by atoms with van der Waals surface area (Å²) in [5.74, 6) is -1.24. The Balaban J connectivity index is 2.33. The maximum absolute atomic E-state index is 13.2. The van der Waals surface area contributed by atoms with E-state index < -0.39 is 78.4 Å². The SMILES string of the molecule is O=S(=O)(NCC(O)C(O)CO)c1cccc(S(=O)(=O)Nc2ccc(F)cc2C(F)(F)F)c1. The molecule has 0 amide bonds. The molecule has 0 fully saturated rings. The zero-order valence-corrected chi connectivity index (χ0v) is 17.5. The molecule has 2 aromatic carbocycles. The van der Waals surface area contributed by atoms with Gasteiger partial charge in [0.1, 0.15) is 11.9 Å². The van der Waals surface area contributed by atoms with Gasteiger partial charge in [0.25, 0.3) is 10.0 Å². The van der Waals surface area contributed by atoms with E-state index >= 15 is 0 Å². The van der Waals surface area contributed by atoms with E-state index in [4.69, 9.17) is 5.11 Å². The van der Waals surface area contributed by atoms with E-state index in [0.29, 0.717) is 18.2 Å². The first-order chi connectivity index (χ1) is 14.7. The van der Waals surface area contributed by atoms with Gasteiger partial charge in [-0.3, -0.25) is 4.72 Å². The van der Waals surface area contributed by atoms with Gasteiger partial charge in [0.05, 0.1) is 33.8 Å². The van der Waals surface area contributed by atoms with Gasteiger partial charge >= 0.3 is 6.18 Å². The first-order valence-electron chi connectivity index (χ1n) is 8.63. The number of hydrogen-bond donors (Lipinski definition) is 5. The molecule has 2 rings (SSSR count). The highest BCUT2D eigenvalue weighted by atomic mass is 32.2. The van der Waals surface area contributed by atoms with E-state index in [0.717, 1.165) is 18.2 Å². The monoisotopic (exact) mass is 502 g/mol. The Kier molecular flexibility index (Phi) is 7.85. The van der Waals surface area contributed by atoms with Crippen molar-refractivity contribution in [2.45, 2.75) is 28.2 Å². The molecule has 32 heavy (non-hydrogen) atoms. The van der Waals surface area contributed by atoms with Crippen LogP contribution in [0.5, 0.6) is 0 Å². The van der Waals surface area contributed by atoms with Gasteiger partial charge in [-0.1, -0.05) is 6.07 Å². The second-order valence-electron chi connectivity index (χ2n) is 6.44. The fraction of sp³-hybridized carbons (Fsp3) is 0.294. The van der Waals surface area contributed by atoms with Crippen LogP contribution in [-0.2, 0) is 26.2 Å². The van der Waals surface area contributed by atoms with E-state index in [-0.39, 0.29) is 6.07 Å². The Morgan fingerprint density at radius 2 is 1.50 bits per heavy atom. The Bertz CT molecular complexity index is 1170. The van der Waals surface area contributed by atoms with Crippen LogP contribution in [0.2, 0.25) is 0 Å². The molecule has 178 valence electrons. The second kappa shape index (κ2) is 9.68. The Morgan fingerprint density at radius 3 is 2.06 bits per heavy atom. The highest BCUT2D eigenvalue weighted by molar-refractivity contribution is 7.93. The van der Waals surface area contributed by atoms with Crippen molar-refractivity contribution in [3.8, 4) is 0 Å². The Hall–Kier alpha value is -2.30. The standard InChI is InChI=1S/C17H18F4N2O7S2/c18-10-4-5-14(13(6-10)17(19,20)21)23-32(29,30)12-3-1-2-11(7-12)31(27,28)22-8-15(25)16(26)9-24/h1-7,15-16,22-26H,8-9H2. The van der Waals surface area contributed by atoms with Crippen molar-refractivity contribution in [1.82, 2.24) is 4.72 Å². The maximum atomic E-state index is 13.2. The molecule has 0 aliphatic carbocycles. The quantitative estimate of drug-likeness (QED) is 0.316.